The van der Waals surface area contributed by atoms with Crippen LogP contribution in [0.1, 0.15) is 5.56 Å². The number of alkyl halides is 6. The molecule has 1 aromatic rings. The summed E-state index contributed by atoms with van der Waals surface area (Å²) in [5, 5.41) is -4.87. The second-order valence-corrected chi connectivity index (χ2v) is 5.40. The van der Waals surface area contributed by atoms with Crippen LogP contribution in [0, 0.1) is 0 Å². The van der Waals surface area contributed by atoms with Gasteiger partial charge in [-0.15, -0.1) is 0 Å². The highest BCUT2D eigenvalue weighted by molar-refractivity contribution is 6.39. The van der Waals surface area contributed by atoms with Crippen molar-refractivity contribution in [3.63, 3.8) is 0 Å². The minimum Gasteiger partial charge on any atom is -0.360 e. The minimum absolute atomic E-state index is 0.421. The summed E-state index contributed by atoms with van der Waals surface area (Å²) in [6.07, 6.45) is -4.67. The molecule has 21 heavy (non-hydrogen) atoms. The zero-order valence-corrected chi connectivity index (χ0v) is 12.8. The summed E-state index contributed by atoms with van der Waals surface area (Å²) in [5.41, 5.74) is -1.53. The van der Waals surface area contributed by atoms with Gasteiger partial charge in [-0.3, -0.25) is 0 Å². The van der Waals surface area contributed by atoms with Crippen molar-refractivity contribution in [1.82, 2.24) is 4.90 Å². The third-order valence-electron chi connectivity index (χ3n) is 2.24. The highest BCUT2D eigenvalue weighted by Crippen LogP contribution is 2.40. The fourth-order valence-corrected chi connectivity index (χ4v) is 2.14. The lowest BCUT2D eigenvalue weighted by atomic mass is 10.2. The maximum absolute atomic E-state index is 13.2. The maximum Gasteiger partial charge on any atom is 0.416 e. The molecule has 0 aliphatic heterocycles. The van der Waals surface area contributed by atoms with Crippen molar-refractivity contribution in [2.45, 2.75) is 11.6 Å². The SMILES string of the molecule is CN(C)C(=Nc1c(Cl)cc(C(F)(F)F)cc1Cl)C(F)(F)Cl. The number of hydrogen-bond donors (Lipinski definition) is 0. The van der Waals surface area contributed by atoms with Gasteiger partial charge in [0.1, 0.15) is 5.69 Å². The zero-order valence-electron chi connectivity index (χ0n) is 10.6. The van der Waals surface area contributed by atoms with Gasteiger partial charge in [-0.05, 0) is 23.7 Å². The summed E-state index contributed by atoms with van der Waals surface area (Å²) in [6.45, 7) is 0. The molecule has 0 saturated carbocycles. The molecule has 0 unspecified atom stereocenters. The normalized spacial score (nSPS) is 13.5. The van der Waals surface area contributed by atoms with Gasteiger partial charge >= 0.3 is 11.6 Å². The molecular weight excluding hydrogens is 361 g/mol. The van der Waals surface area contributed by atoms with Gasteiger partial charge in [-0.2, -0.15) is 22.0 Å². The summed E-state index contributed by atoms with van der Waals surface area (Å²) >= 11 is 16.2. The molecule has 0 bridgehead atoms. The van der Waals surface area contributed by atoms with Crippen molar-refractivity contribution in [2.24, 2.45) is 4.99 Å². The lowest BCUT2D eigenvalue weighted by Crippen LogP contribution is -2.35. The predicted octanol–water partition coefficient (Wildman–Crippen LogP) is 5.44. The number of hydrogen-bond acceptors (Lipinski definition) is 1. The van der Waals surface area contributed by atoms with Crippen molar-refractivity contribution in [1.29, 1.82) is 0 Å². The summed E-state index contributed by atoms with van der Waals surface area (Å²) in [5.74, 6) is -0.910. The van der Waals surface area contributed by atoms with Gasteiger partial charge in [0.2, 0.25) is 0 Å². The van der Waals surface area contributed by atoms with E-state index in [4.69, 9.17) is 34.8 Å². The molecule has 0 radical (unpaired) electrons. The molecule has 0 spiro atoms. The third-order valence-corrected chi connectivity index (χ3v) is 2.98. The second-order valence-electron chi connectivity index (χ2n) is 4.11. The predicted molar refractivity (Wildman–Crippen MR) is 73.0 cm³/mol. The van der Waals surface area contributed by atoms with Crippen LogP contribution in [0.4, 0.5) is 27.6 Å². The standard InChI is InChI=1S/C11H8Cl3F5N2/c1-21(2)9(10(14,15)16)20-8-6(12)3-5(4-7(8)13)11(17,18)19/h3-4H,1-2H3. The van der Waals surface area contributed by atoms with E-state index in [1.807, 2.05) is 0 Å². The molecule has 0 fully saturated rings. The molecule has 0 saturated heterocycles. The Labute approximate surface area is 132 Å². The Hall–Kier alpha value is -0.790. The molecule has 0 aliphatic rings. The molecule has 1 rings (SSSR count). The molecule has 118 valence electrons. The molecule has 0 heterocycles. The fourth-order valence-electron chi connectivity index (χ4n) is 1.36. The minimum atomic E-state index is -4.67. The summed E-state index contributed by atoms with van der Waals surface area (Å²) < 4.78 is 64.0. The number of halogens is 8. The van der Waals surface area contributed by atoms with Crippen LogP contribution in [0.25, 0.3) is 0 Å². The van der Waals surface area contributed by atoms with E-state index in [-0.39, 0.29) is 0 Å². The van der Waals surface area contributed by atoms with Crippen molar-refractivity contribution >= 4 is 46.3 Å². The van der Waals surface area contributed by atoms with Crippen LogP contribution in [0.15, 0.2) is 17.1 Å². The molecule has 0 N–H and O–H groups in total. The Bertz CT molecular complexity index is 541. The molecule has 2 nitrogen and oxygen atoms in total. The third kappa shape index (κ3) is 4.59. The quantitative estimate of drug-likeness (QED) is 0.293. The van der Waals surface area contributed by atoms with Crippen molar-refractivity contribution in [3.8, 4) is 0 Å². The van der Waals surface area contributed by atoms with Gasteiger partial charge in [0, 0.05) is 14.1 Å². The fraction of sp³-hybridized carbons (Fsp3) is 0.364. The van der Waals surface area contributed by atoms with Crippen LogP contribution in [0.3, 0.4) is 0 Å². The van der Waals surface area contributed by atoms with Crippen LogP contribution < -0.4 is 0 Å². The average molecular weight is 370 g/mol. The van der Waals surface area contributed by atoms with Crippen LogP contribution in [0.2, 0.25) is 10.0 Å². The highest BCUT2D eigenvalue weighted by Gasteiger charge is 2.36. The highest BCUT2D eigenvalue weighted by atomic mass is 35.5. The Morgan fingerprint density at radius 1 is 1.05 bits per heavy atom. The van der Waals surface area contributed by atoms with E-state index in [0.717, 1.165) is 4.90 Å². The van der Waals surface area contributed by atoms with Gasteiger partial charge in [0.05, 0.1) is 15.6 Å². The van der Waals surface area contributed by atoms with Gasteiger partial charge in [0.25, 0.3) is 0 Å². The summed E-state index contributed by atoms with van der Waals surface area (Å²) in [6, 6.07) is 1.10. The van der Waals surface area contributed by atoms with Gasteiger partial charge in [-0.1, -0.05) is 23.2 Å². The summed E-state index contributed by atoms with van der Waals surface area (Å²) in [7, 11) is 2.47. The molecule has 0 atom stereocenters. The smallest absolute Gasteiger partial charge is 0.360 e. The van der Waals surface area contributed by atoms with E-state index < -0.39 is 38.7 Å². The van der Waals surface area contributed by atoms with Crippen molar-refractivity contribution in [2.75, 3.05) is 14.1 Å². The topological polar surface area (TPSA) is 15.6 Å². The van der Waals surface area contributed by atoms with Crippen LogP contribution in [-0.2, 0) is 6.18 Å². The first-order chi connectivity index (χ1) is 9.34. The van der Waals surface area contributed by atoms with Gasteiger partial charge in [-0.25, -0.2) is 4.99 Å². The first-order valence-electron chi connectivity index (χ1n) is 5.23. The lowest BCUT2D eigenvalue weighted by Gasteiger charge is -2.20. The van der Waals surface area contributed by atoms with Crippen LogP contribution >= 0.6 is 34.8 Å². The largest absolute Gasteiger partial charge is 0.416 e. The van der Waals surface area contributed by atoms with E-state index in [0.29, 0.717) is 12.1 Å². The van der Waals surface area contributed by atoms with E-state index >= 15 is 0 Å². The van der Waals surface area contributed by atoms with Crippen molar-refractivity contribution in [3.05, 3.63) is 27.7 Å². The van der Waals surface area contributed by atoms with Crippen LogP contribution in [-0.4, -0.2) is 30.2 Å². The number of nitrogens with zero attached hydrogens (tertiary/aromatic N) is 2. The maximum atomic E-state index is 13.2. The van der Waals surface area contributed by atoms with Crippen LogP contribution in [0.5, 0.6) is 0 Å². The molecular formula is C11H8Cl3F5N2. The van der Waals surface area contributed by atoms with Crippen molar-refractivity contribution < 1.29 is 22.0 Å². The number of rotatable bonds is 2. The Morgan fingerprint density at radius 3 is 1.76 bits per heavy atom. The van der Waals surface area contributed by atoms with E-state index in [9.17, 15) is 22.0 Å². The molecule has 0 aliphatic carbocycles. The number of aliphatic imine (C=N–C) groups is 1. The molecule has 0 amide bonds. The van der Waals surface area contributed by atoms with Gasteiger partial charge in [0.15, 0.2) is 5.84 Å². The van der Waals surface area contributed by atoms with E-state index in [2.05, 4.69) is 4.99 Å². The van der Waals surface area contributed by atoms with E-state index in [1.165, 1.54) is 14.1 Å². The average Bonchev–Trinajstić information content (AvgIpc) is 2.23. The lowest BCUT2D eigenvalue weighted by molar-refractivity contribution is -0.137. The first kappa shape index (κ1) is 18.3. The first-order valence-corrected chi connectivity index (χ1v) is 6.37. The zero-order chi connectivity index (χ0) is 16.6. The van der Waals surface area contributed by atoms with Gasteiger partial charge < -0.3 is 4.90 Å². The monoisotopic (exact) mass is 368 g/mol. The molecule has 10 heteroatoms. The molecule has 0 aromatic heterocycles. The second kappa shape index (κ2) is 6.14. The Balaban J connectivity index is 3.45. The Morgan fingerprint density at radius 2 is 1.48 bits per heavy atom. The number of amidine groups is 1. The Kier molecular flexibility index (Phi) is 5.34. The number of benzene rings is 1. The summed E-state index contributed by atoms with van der Waals surface area (Å²) in [4.78, 5) is 4.38. The van der Waals surface area contributed by atoms with E-state index in [1.54, 1.807) is 0 Å². The molecule has 1 aromatic carbocycles.